The molecule has 0 radical (unpaired) electrons. The highest BCUT2D eigenvalue weighted by atomic mass is 16.4. The Hall–Kier alpha value is -1.10. The van der Waals surface area contributed by atoms with Gasteiger partial charge in [-0.3, -0.25) is 9.59 Å². The molecule has 1 saturated carbocycles. The summed E-state index contributed by atoms with van der Waals surface area (Å²) in [5.41, 5.74) is 5.10. The fourth-order valence-electron chi connectivity index (χ4n) is 2.30. The van der Waals surface area contributed by atoms with E-state index in [2.05, 4.69) is 5.32 Å². The van der Waals surface area contributed by atoms with Crippen LogP contribution in [0.3, 0.4) is 0 Å². The van der Waals surface area contributed by atoms with Crippen LogP contribution in [0, 0.1) is 11.3 Å². The van der Waals surface area contributed by atoms with E-state index >= 15 is 0 Å². The summed E-state index contributed by atoms with van der Waals surface area (Å²) in [6.45, 7) is 4.09. The van der Waals surface area contributed by atoms with Gasteiger partial charge >= 0.3 is 5.97 Å². The van der Waals surface area contributed by atoms with Gasteiger partial charge in [-0.15, -0.1) is 0 Å². The number of nitrogens with two attached hydrogens (primary N) is 1. The Kier molecular flexibility index (Phi) is 5.14. The van der Waals surface area contributed by atoms with Gasteiger partial charge in [0.15, 0.2) is 0 Å². The SMILES string of the molecule is CCC(C)(CN)C(=O)NC1CCCC(C(=O)O)C1. The molecule has 1 aliphatic rings. The van der Waals surface area contributed by atoms with Crippen molar-refractivity contribution in [2.24, 2.45) is 17.1 Å². The van der Waals surface area contributed by atoms with Crippen LogP contribution in [0.4, 0.5) is 0 Å². The first-order valence-corrected chi connectivity index (χ1v) is 6.66. The molecule has 4 N–H and O–H groups in total. The normalized spacial score (nSPS) is 27.3. The third-order valence-electron chi connectivity index (χ3n) is 4.14. The van der Waals surface area contributed by atoms with E-state index in [-0.39, 0.29) is 17.9 Å². The maximum Gasteiger partial charge on any atom is 0.306 e. The molecule has 0 bridgehead atoms. The summed E-state index contributed by atoms with van der Waals surface area (Å²) in [4.78, 5) is 23.1. The molecule has 1 fully saturated rings. The third-order valence-corrected chi connectivity index (χ3v) is 4.14. The quantitative estimate of drug-likeness (QED) is 0.687. The van der Waals surface area contributed by atoms with Crippen LogP contribution in [0.1, 0.15) is 46.0 Å². The van der Waals surface area contributed by atoms with Gasteiger partial charge in [0.05, 0.1) is 11.3 Å². The lowest BCUT2D eigenvalue weighted by Gasteiger charge is -2.32. The van der Waals surface area contributed by atoms with Crippen molar-refractivity contribution in [2.75, 3.05) is 6.54 Å². The zero-order chi connectivity index (χ0) is 13.8. The first kappa shape index (κ1) is 15.0. The van der Waals surface area contributed by atoms with Crippen LogP contribution in [0.5, 0.6) is 0 Å². The zero-order valence-corrected chi connectivity index (χ0v) is 11.2. The van der Waals surface area contributed by atoms with Crippen molar-refractivity contribution in [2.45, 2.75) is 52.0 Å². The molecule has 1 aliphatic carbocycles. The van der Waals surface area contributed by atoms with E-state index in [0.717, 1.165) is 12.8 Å². The minimum atomic E-state index is -0.758. The second-order valence-electron chi connectivity index (χ2n) is 5.49. The number of hydrogen-bond acceptors (Lipinski definition) is 3. The second kappa shape index (κ2) is 6.18. The molecule has 104 valence electrons. The lowest BCUT2D eigenvalue weighted by atomic mass is 9.83. The van der Waals surface area contributed by atoms with Crippen LogP contribution in [0.25, 0.3) is 0 Å². The summed E-state index contributed by atoms with van der Waals surface area (Å²) in [6.07, 6.45) is 3.65. The van der Waals surface area contributed by atoms with Crippen LogP contribution in [-0.4, -0.2) is 29.6 Å². The summed E-state index contributed by atoms with van der Waals surface area (Å²) < 4.78 is 0. The summed E-state index contributed by atoms with van der Waals surface area (Å²) in [6, 6.07) is -0.0234. The molecule has 0 spiro atoms. The van der Waals surface area contributed by atoms with Crippen molar-refractivity contribution < 1.29 is 14.7 Å². The Labute approximate surface area is 108 Å². The summed E-state index contributed by atoms with van der Waals surface area (Å²) in [5, 5.41) is 12.0. The van der Waals surface area contributed by atoms with Gasteiger partial charge in [-0.1, -0.05) is 13.3 Å². The molecule has 0 aliphatic heterocycles. The van der Waals surface area contributed by atoms with Crippen molar-refractivity contribution in [3.63, 3.8) is 0 Å². The lowest BCUT2D eigenvalue weighted by Crippen LogP contribution is -2.49. The minimum Gasteiger partial charge on any atom is -0.481 e. The molecule has 0 heterocycles. The van der Waals surface area contributed by atoms with E-state index in [1.807, 2.05) is 13.8 Å². The first-order chi connectivity index (χ1) is 8.42. The number of carboxylic acids is 1. The highest BCUT2D eigenvalue weighted by Crippen LogP contribution is 2.26. The smallest absolute Gasteiger partial charge is 0.306 e. The molecule has 0 aromatic carbocycles. The topological polar surface area (TPSA) is 92.4 Å². The molecule has 5 nitrogen and oxygen atoms in total. The summed E-state index contributed by atoms with van der Waals surface area (Å²) >= 11 is 0. The average Bonchev–Trinajstić information content (AvgIpc) is 2.38. The Bertz CT molecular complexity index is 313. The van der Waals surface area contributed by atoms with E-state index in [9.17, 15) is 9.59 Å². The van der Waals surface area contributed by atoms with Gasteiger partial charge in [-0.2, -0.15) is 0 Å². The fraction of sp³-hybridized carbons (Fsp3) is 0.846. The van der Waals surface area contributed by atoms with Crippen LogP contribution in [-0.2, 0) is 9.59 Å². The Morgan fingerprint density at radius 1 is 1.44 bits per heavy atom. The fourth-order valence-corrected chi connectivity index (χ4v) is 2.30. The van der Waals surface area contributed by atoms with Crippen molar-refractivity contribution in [1.82, 2.24) is 5.32 Å². The molecule has 3 atom stereocenters. The number of nitrogens with one attached hydrogen (secondary N) is 1. The van der Waals surface area contributed by atoms with Gasteiger partial charge in [0.1, 0.15) is 0 Å². The van der Waals surface area contributed by atoms with Crippen molar-refractivity contribution in [3.8, 4) is 0 Å². The molecular formula is C13H24N2O3. The monoisotopic (exact) mass is 256 g/mol. The zero-order valence-electron chi connectivity index (χ0n) is 11.2. The molecule has 3 unspecified atom stereocenters. The second-order valence-corrected chi connectivity index (χ2v) is 5.49. The Balaban J connectivity index is 2.57. The molecule has 5 heteroatoms. The van der Waals surface area contributed by atoms with Gasteiger partial charge in [0.25, 0.3) is 0 Å². The number of aliphatic carboxylic acids is 1. The van der Waals surface area contributed by atoms with Gasteiger partial charge in [0, 0.05) is 12.6 Å². The van der Waals surface area contributed by atoms with Crippen LogP contribution >= 0.6 is 0 Å². The van der Waals surface area contributed by atoms with Crippen molar-refractivity contribution in [1.29, 1.82) is 0 Å². The highest BCUT2D eigenvalue weighted by molar-refractivity contribution is 5.82. The number of carbonyl (C=O) groups is 2. The van der Waals surface area contributed by atoms with Crippen LogP contribution < -0.4 is 11.1 Å². The molecular weight excluding hydrogens is 232 g/mol. The molecule has 18 heavy (non-hydrogen) atoms. The predicted octanol–water partition coefficient (Wildman–Crippen LogP) is 1.12. The average molecular weight is 256 g/mol. The van der Waals surface area contributed by atoms with Crippen molar-refractivity contribution in [3.05, 3.63) is 0 Å². The number of carboxylic acid groups (broad SMARTS) is 1. The highest BCUT2D eigenvalue weighted by Gasteiger charge is 2.33. The first-order valence-electron chi connectivity index (χ1n) is 6.66. The predicted molar refractivity (Wildman–Crippen MR) is 69.0 cm³/mol. The van der Waals surface area contributed by atoms with E-state index < -0.39 is 11.4 Å². The van der Waals surface area contributed by atoms with Gasteiger partial charge < -0.3 is 16.2 Å². The minimum absolute atomic E-state index is 0.0234. The molecule has 1 amide bonds. The maximum atomic E-state index is 12.1. The third kappa shape index (κ3) is 3.45. The molecule has 0 aromatic rings. The van der Waals surface area contributed by atoms with Crippen LogP contribution in [0.15, 0.2) is 0 Å². The summed E-state index contributed by atoms with van der Waals surface area (Å²) in [5.74, 6) is -1.13. The molecule has 1 rings (SSSR count). The standard InChI is InChI=1S/C13H24N2O3/c1-3-13(2,8-14)12(18)15-10-6-4-5-9(7-10)11(16)17/h9-10H,3-8,14H2,1-2H3,(H,15,18)(H,16,17). The number of amides is 1. The lowest BCUT2D eigenvalue weighted by molar-refractivity contribution is -0.143. The maximum absolute atomic E-state index is 12.1. The van der Waals surface area contributed by atoms with E-state index in [0.29, 0.717) is 25.8 Å². The Morgan fingerprint density at radius 3 is 2.61 bits per heavy atom. The molecule has 0 saturated heterocycles. The van der Waals surface area contributed by atoms with E-state index in [4.69, 9.17) is 10.8 Å². The Morgan fingerprint density at radius 2 is 2.11 bits per heavy atom. The van der Waals surface area contributed by atoms with Gasteiger partial charge in [-0.25, -0.2) is 0 Å². The van der Waals surface area contributed by atoms with Gasteiger partial charge in [-0.05, 0) is 32.6 Å². The van der Waals surface area contributed by atoms with Crippen LogP contribution in [0.2, 0.25) is 0 Å². The van der Waals surface area contributed by atoms with E-state index in [1.165, 1.54) is 0 Å². The number of carbonyl (C=O) groups excluding carboxylic acids is 1. The molecule has 0 aromatic heterocycles. The van der Waals surface area contributed by atoms with Gasteiger partial charge in [0.2, 0.25) is 5.91 Å². The van der Waals surface area contributed by atoms with E-state index in [1.54, 1.807) is 0 Å². The summed E-state index contributed by atoms with van der Waals surface area (Å²) in [7, 11) is 0. The largest absolute Gasteiger partial charge is 0.481 e. The van der Waals surface area contributed by atoms with Crippen molar-refractivity contribution >= 4 is 11.9 Å². The number of rotatable bonds is 5. The number of hydrogen-bond donors (Lipinski definition) is 3.